The molecule has 3 amide bonds. The average Bonchev–Trinajstić information content (AvgIpc) is 2.36. The van der Waals surface area contributed by atoms with Crippen molar-refractivity contribution in [3.63, 3.8) is 0 Å². The molecule has 0 unspecified atom stereocenters. The van der Waals surface area contributed by atoms with Crippen LogP contribution in [-0.2, 0) is 11.3 Å². The molecular formula is C13H19N3O2. The number of nitrogens with one attached hydrogen (secondary N) is 3. The Balaban J connectivity index is 2.24. The lowest BCUT2D eigenvalue weighted by Gasteiger charge is -2.07. The van der Waals surface area contributed by atoms with E-state index in [1.54, 1.807) is 0 Å². The number of benzene rings is 1. The molecular weight excluding hydrogens is 230 g/mol. The molecule has 98 valence electrons. The first kappa shape index (κ1) is 14.0. The molecule has 18 heavy (non-hydrogen) atoms. The second-order valence-electron chi connectivity index (χ2n) is 3.98. The monoisotopic (exact) mass is 249 g/mol. The van der Waals surface area contributed by atoms with Crippen molar-refractivity contribution in [2.75, 3.05) is 13.1 Å². The fourth-order valence-electron chi connectivity index (χ4n) is 1.37. The summed E-state index contributed by atoms with van der Waals surface area (Å²) >= 11 is 0. The standard InChI is InChI=1S/C13H19N3O2/c1-3-14-12(17)9-16-13(18)15-8-11-6-4-10(2)5-7-11/h4-7H,3,8-9H2,1-2H3,(H,14,17)(H2,15,16,18). The van der Waals surface area contributed by atoms with E-state index in [1.165, 1.54) is 5.56 Å². The van der Waals surface area contributed by atoms with Gasteiger partial charge >= 0.3 is 6.03 Å². The van der Waals surface area contributed by atoms with Gasteiger partial charge in [0.1, 0.15) is 0 Å². The highest BCUT2D eigenvalue weighted by Gasteiger charge is 2.03. The van der Waals surface area contributed by atoms with Crippen molar-refractivity contribution in [2.45, 2.75) is 20.4 Å². The Kier molecular flexibility index (Phi) is 5.70. The van der Waals surface area contributed by atoms with Crippen LogP contribution in [0.2, 0.25) is 0 Å². The summed E-state index contributed by atoms with van der Waals surface area (Å²) in [6, 6.07) is 7.55. The van der Waals surface area contributed by atoms with Gasteiger partial charge in [0.15, 0.2) is 0 Å². The van der Waals surface area contributed by atoms with E-state index < -0.39 is 0 Å². The zero-order valence-electron chi connectivity index (χ0n) is 10.7. The molecule has 0 fully saturated rings. The first-order valence-electron chi connectivity index (χ1n) is 5.95. The van der Waals surface area contributed by atoms with Crippen LogP contribution < -0.4 is 16.0 Å². The number of urea groups is 1. The van der Waals surface area contributed by atoms with Crippen molar-refractivity contribution in [3.05, 3.63) is 35.4 Å². The minimum Gasteiger partial charge on any atom is -0.355 e. The molecule has 0 heterocycles. The normalized spacial score (nSPS) is 9.67. The zero-order valence-corrected chi connectivity index (χ0v) is 10.7. The molecule has 0 aliphatic carbocycles. The first-order chi connectivity index (χ1) is 8.61. The van der Waals surface area contributed by atoms with E-state index in [0.29, 0.717) is 13.1 Å². The summed E-state index contributed by atoms with van der Waals surface area (Å²) in [5.41, 5.74) is 2.20. The Morgan fingerprint density at radius 2 is 1.72 bits per heavy atom. The van der Waals surface area contributed by atoms with E-state index in [1.807, 2.05) is 38.1 Å². The lowest BCUT2D eigenvalue weighted by Crippen LogP contribution is -2.41. The molecule has 1 aromatic carbocycles. The van der Waals surface area contributed by atoms with Crippen LogP contribution in [0.5, 0.6) is 0 Å². The Labute approximate surface area is 107 Å². The molecule has 5 heteroatoms. The molecule has 0 bridgehead atoms. The van der Waals surface area contributed by atoms with Crippen molar-refractivity contribution in [1.82, 2.24) is 16.0 Å². The van der Waals surface area contributed by atoms with Gasteiger partial charge in [0, 0.05) is 13.1 Å². The number of amides is 3. The fourth-order valence-corrected chi connectivity index (χ4v) is 1.37. The molecule has 0 spiro atoms. The average molecular weight is 249 g/mol. The molecule has 0 saturated carbocycles. The molecule has 3 N–H and O–H groups in total. The molecule has 1 aromatic rings. The highest BCUT2D eigenvalue weighted by Crippen LogP contribution is 2.02. The summed E-state index contributed by atoms with van der Waals surface area (Å²) in [6.07, 6.45) is 0. The Hall–Kier alpha value is -2.04. The van der Waals surface area contributed by atoms with Crippen LogP contribution in [0.25, 0.3) is 0 Å². The summed E-state index contributed by atoms with van der Waals surface area (Å²) in [5.74, 6) is -0.192. The summed E-state index contributed by atoms with van der Waals surface area (Å²) in [4.78, 5) is 22.5. The van der Waals surface area contributed by atoms with E-state index in [-0.39, 0.29) is 18.5 Å². The number of likely N-dealkylation sites (N-methyl/N-ethyl adjacent to an activating group) is 1. The molecule has 0 saturated heterocycles. The van der Waals surface area contributed by atoms with Gasteiger partial charge in [0.25, 0.3) is 0 Å². The molecule has 0 aliphatic rings. The van der Waals surface area contributed by atoms with Gasteiger partial charge in [-0.1, -0.05) is 29.8 Å². The smallest absolute Gasteiger partial charge is 0.315 e. The minimum absolute atomic E-state index is 0.00638. The van der Waals surface area contributed by atoms with Gasteiger partial charge in [0.2, 0.25) is 5.91 Å². The van der Waals surface area contributed by atoms with E-state index >= 15 is 0 Å². The van der Waals surface area contributed by atoms with Crippen LogP contribution in [-0.4, -0.2) is 25.0 Å². The number of rotatable bonds is 5. The van der Waals surface area contributed by atoms with Crippen LogP contribution in [0.3, 0.4) is 0 Å². The van der Waals surface area contributed by atoms with Crippen molar-refractivity contribution >= 4 is 11.9 Å². The van der Waals surface area contributed by atoms with Crippen LogP contribution in [0.15, 0.2) is 24.3 Å². The lowest BCUT2D eigenvalue weighted by molar-refractivity contribution is -0.119. The zero-order chi connectivity index (χ0) is 13.4. The van der Waals surface area contributed by atoms with Gasteiger partial charge in [-0.3, -0.25) is 4.79 Å². The SMILES string of the molecule is CCNC(=O)CNC(=O)NCc1ccc(C)cc1. The fraction of sp³-hybridized carbons (Fsp3) is 0.385. The third-order valence-corrected chi connectivity index (χ3v) is 2.36. The summed E-state index contributed by atoms with van der Waals surface area (Å²) < 4.78 is 0. The number of carbonyl (C=O) groups excluding carboxylic acids is 2. The maximum absolute atomic E-state index is 11.4. The van der Waals surface area contributed by atoms with Gasteiger partial charge in [-0.2, -0.15) is 0 Å². The highest BCUT2D eigenvalue weighted by molar-refractivity contribution is 5.83. The maximum atomic E-state index is 11.4. The summed E-state index contributed by atoms with van der Waals surface area (Å²) in [7, 11) is 0. The Bertz CT molecular complexity index is 401. The molecule has 0 aliphatic heterocycles. The van der Waals surface area contributed by atoms with Crippen molar-refractivity contribution in [3.8, 4) is 0 Å². The Morgan fingerprint density at radius 1 is 1.06 bits per heavy atom. The predicted molar refractivity (Wildman–Crippen MR) is 70.1 cm³/mol. The number of hydrogen-bond donors (Lipinski definition) is 3. The minimum atomic E-state index is -0.346. The molecule has 0 radical (unpaired) electrons. The van der Waals surface area contributed by atoms with E-state index in [2.05, 4.69) is 16.0 Å². The second-order valence-corrected chi connectivity index (χ2v) is 3.98. The van der Waals surface area contributed by atoms with Gasteiger partial charge < -0.3 is 16.0 Å². The first-order valence-corrected chi connectivity index (χ1v) is 5.95. The third kappa shape index (κ3) is 5.34. The Morgan fingerprint density at radius 3 is 2.33 bits per heavy atom. The van der Waals surface area contributed by atoms with Crippen molar-refractivity contribution < 1.29 is 9.59 Å². The predicted octanol–water partition coefficient (Wildman–Crippen LogP) is 0.930. The molecule has 0 aromatic heterocycles. The van der Waals surface area contributed by atoms with Gasteiger partial charge in [-0.25, -0.2) is 4.79 Å². The second kappa shape index (κ2) is 7.32. The number of hydrogen-bond acceptors (Lipinski definition) is 2. The van der Waals surface area contributed by atoms with Crippen LogP contribution >= 0.6 is 0 Å². The van der Waals surface area contributed by atoms with E-state index in [9.17, 15) is 9.59 Å². The lowest BCUT2D eigenvalue weighted by atomic mass is 10.1. The van der Waals surface area contributed by atoms with Gasteiger partial charge in [0.05, 0.1) is 6.54 Å². The van der Waals surface area contributed by atoms with Gasteiger partial charge in [-0.05, 0) is 19.4 Å². The van der Waals surface area contributed by atoms with Crippen LogP contribution in [0.1, 0.15) is 18.1 Å². The van der Waals surface area contributed by atoms with Crippen molar-refractivity contribution in [1.29, 1.82) is 0 Å². The van der Waals surface area contributed by atoms with E-state index in [4.69, 9.17) is 0 Å². The number of carbonyl (C=O) groups is 2. The third-order valence-electron chi connectivity index (χ3n) is 2.36. The highest BCUT2D eigenvalue weighted by atomic mass is 16.2. The molecule has 0 atom stereocenters. The largest absolute Gasteiger partial charge is 0.355 e. The molecule has 1 rings (SSSR count). The molecule has 5 nitrogen and oxygen atoms in total. The van der Waals surface area contributed by atoms with Crippen molar-refractivity contribution in [2.24, 2.45) is 0 Å². The number of aryl methyl sites for hydroxylation is 1. The van der Waals surface area contributed by atoms with E-state index in [0.717, 1.165) is 5.56 Å². The summed E-state index contributed by atoms with van der Waals surface area (Å²) in [5, 5.41) is 7.77. The van der Waals surface area contributed by atoms with Gasteiger partial charge in [-0.15, -0.1) is 0 Å². The van der Waals surface area contributed by atoms with Crippen LogP contribution in [0, 0.1) is 6.92 Å². The summed E-state index contributed by atoms with van der Waals surface area (Å²) in [6.45, 7) is 4.84. The topological polar surface area (TPSA) is 70.2 Å². The van der Waals surface area contributed by atoms with Crippen LogP contribution in [0.4, 0.5) is 4.79 Å². The maximum Gasteiger partial charge on any atom is 0.315 e. The quantitative estimate of drug-likeness (QED) is 0.726.